The Morgan fingerprint density at radius 1 is 1.47 bits per heavy atom. The average molecular weight is 281 g/mol. The Morgan fingerprint density at radius 3 is 2.79 bits per heavy atom. The standard InChI is InChI=1S/C14H17ClN2O2/c1-18-14(6-3-7-14)13(17-16)11-8-9-4-2-5-10(15)12(9)19-11/h2,4-5,8,13,17H,3,6-7,16H2,1H3. The zero-order valence-electron chi connectivity index (χ0n) is 10.8. The topological polar surface area (TPSA) is 60.4 Å². The first-order valence-corrected chi connectivity index (χ1v) is 6.77. The molecular weight excluding hydrogens is 264 g/mol. The lowest BCUT2D eigenvalue weighted by Gasteiger charge is -2.45. The van der Waals surface area contributed by atoms with Gasteiger partial charge in [0, 0.05) is 12.5 Å². The molecule has 0 amide bonds. The van der Waals surface area contributed by atoms with E-state index in [4.69, 9.17) is 26.6 Å². The molecular formula is C14H17ClN2O2. The molecule has 1 unspecified atom stereocenters. The number of furan rings is 1. The second kappa shape index (κ2) is 4.80. The Hall–Kier alpha value is -1.07. The highest BCUT2D eigenvalue weighted by Crippen LogP contribution is 2.45. The molecule has 1 fully saturated rings. The van der Waals surface area contributed by atoms with E-state index in [9.17, 15) is 0 Å². The molecule has 0 aliphatic heterocycles. The summed E-state index contributed by atoms with van der Waals surface area (Å²) in [5.74, 6) is 6.48. The van der Waals surface area contributed by atoms with Gasteiger partial charge in [-0.3, -0.25) is 5.84 Å². The van der Waals surface area contributed by atoms with Crippen LogP contribution in [-0.2, 0) is 4.74 Å². The van der Waals surface area contributed by atoms with Gasteiger partial charge < -0.3 is 9.15 Å². The van der Waals surface area contributed by atoms with Gasteiger partial charge in [-0.25, -0.2) is 5.43 Å². The van der Waals surface area contributed by atoms with E-state index < -0.39 is 0 Å². The van der Waals surface area contributed by atoms with Crippen molar-refractivity contribution in [2.45, 2.75) is 30.9 Å². The van der Waals surface area contributed by atoms with E-state index in [0.29, 0.717) is 10.6 Å². The van der Waals surface area contributed by atoms with E-state index in [-0.39, 0.29) is 11.6 Å². The molecule has 4 nitrogen and oxygen atoms in total. The zero-order chi connectivity index (χ0) is 13.5. The number of hydrogen-bond acceptors (Lipinski definition) is 4. The molecule has 3 N–H and O–H groups in total. The summed E-state index contributed by atoms with van der Waals surface area (Å²) in [5, 5.41) is 1.59. The van der Waals surface area contributed by atoms with E-state index in [1.54, 1.807) is 7.11 Å². The number of halogens is 1. The van der Waals surface area contributed by atoms with Gasteiger partial charge >= 0.3 is 0 Å². The SMILES string of the molecule is COC1(C(NN)c2cc3cccc(Cl)c3o2)CCC1. The lowest BCUT2D eigenvalue weighted by Crippen LogP contribution is -2.52. The monoisotopic (exact) mass is 280 g/mol. The number of nitrogens with two attached hydrogens (primary N) is 1. The zero-order valence-corrected chi connectivity index (χ0v) is 11.5. The van der Waals surface area contributed by atoms with Gasteiger partial charge in [-0.1, -0.05) is 23.7 Å². The highest BCUT2D eigenvalue weighted by Gasteiger charge is 2.46. The van der Waals surface area contributed by atoms with Crippen molar-refractivity contribution in [3.63, 3.8) is 0 Å². The third kappa shape index (κ3) is 1.96. The summed E-state index contributed by atoms with van der Waals surface area (Å²) in [4.78, 5) is 0. The van der Waals surface area contributed by atoms with Gasteiger partial charge in [0.05, 0.1) is 10.6 Å². The molecule has 19 heavy (non-hydrogen) atoms. The minimum atomic E-state index is -0.269. The molecule has 1 heterocycles. The van der Waals surface area contributed by atoms with Crippen LogP contribution in [0.5, 0.6) is 0 Å². The number of hydrazine groups is 1. The number of rotatable bonds is 4. The molecule has 0 bridgehead atoms. The minimum Gasteiger partial charge on any atom is -0.458 e. The summed E-state index contributed by atoms with van der Waals surface area (Å²) < 4.78 is 11.6. The maximum atomic E-state index is 6.14. The Bertz CT molecular complexity index is 587. The van der Waals surface area contributed by atoms with Gasteiger partial charge in [-0.2, -0.15) is 0 Å². The quantitative estimate of drug-likeness (QED) is 0.667. The van der Waals surface area contributed by atoms with Crippen molar-refractivity contribution in [3.05, 3.63) is 35.0 Å². The van der Waals surface area contributed by atoms with E-state index in [2.05, 4.69) is 5.43 Å². The lowest BCUT2D eigenvalue weighted by molar-refractivity contribution is -0.104. The van der Waals surface area contributed by atoms with Crippen LogP contribution in [0.4, 0.5) is 0 Å². The van der Waals surface area contributed by atoms with Crippen molar-refractivity contribution < 1.29 is 9.15 Å². The molecule has 0 spiro atoms. The fourth-order valence-electron chi connectivity index (χ4n) is 2.82. The van der Waals surface area contributed by atoms with Gasteiger partial charge in [0.1, 0.15) is 11.8 Å². The molecule has 102 valence electrons. The maximum Gasteiger partial charge on any atom is 0.152 e. The smallest absolute Gasteiger partial charge is 0.152 e. The number of nitrogens with one attached hydrogen (secondary N) is 1. The largest absolute Gasteiger partial charge is 0.458 e. The number of fused-ring (bicyclic) bond motifs is 1. The van der Waals surface area contributed by atoms with Crippen molar-refractivity contribution in [2.24, 2.45) is 5.84 Å². The average Bonchev–Trinajstić information content (AvgIpc) is 2.78. The Kier molecular flexibility index (Phi) is 3.27. The second-order valence-corrected chi connectivity index (χ2v) is 5.44. The normalized spacial score (nSPS) is 19.3. The van der Waals surface area contributed by atoms with Gasteiger partial charge in [0.2, 0.25) is 0 Å². The summed E-state index contributed by atoms with van der Waals surface area (Å²) in [6.45, 7) is 0. The van der Waals surface area contributed by atoms with Gasteiger partial charge in [-0.15, -0.1) is 0 Å². The summed E-state index contributed by atoms with van der Waals surface area (Å²) in [7, 11) is 1.72. The van der Waals surface area contributed by atoms with Crippen LogP contribution in [0.15, 0.2) is 28.7 Å². The number of hydrogen-bond donors (Lipinski definition) is 2. The van der Waals surface area contributed by atoms with Gasteiger partial charge in [0.25, 0.3) is 0 Å². The fourth-order valence-corrected chi connectivity index (χ4v) is 3.04. The van der Waals surface area contributed by atoms with Crippen LogP contribution in [0.25, 0.3) is 11.0 Å². The highest BCUT2D eigenvalue weighted by molar-refractivity contribution is 6.34. The van der Waals surface area contributed by atoms with Gasteiger partial charge in [0.15, 0.2) is 5.58 Å². The number of para-hydroxylation sites is 1. The van der Waals surface area contributed by atoms with Crippen molar-refractivity contribution in [1.29, 1.82) is 0 Å². The van der Waals surface area contributed by atoms with Crippen molar-refractivity contribution >= 4 is 22.6 Å². The Morgan fingerprint density at radius 2 is 2.26 bits per heavy atom. The Balaban J connectivity index is 2.04. The first-order valence-electron chi connectivity index (χ1n) is 6.39. The Labute approximate surface area is 116 Å². The first-order chi connectivity index (χ1) is 9.20. The van der Waals surface area contributed by atoms with Crippen LogP contribution >= 0.6 is 11.6 Å². The fraction of sp³-hybridized carbons (Fsp3) is 0.429. The molecule has 1 aromatic heterocycles. The van der Waals surface area contributed by atoms with Crippen molar-refractivity contribution in [1.82, 2.24) is 5.43 Å². The molecule has 1 atom stereocenters. The summed E-state index contributed by atoms with van der Waals surface area (Å²) in [6, 6.07) is 7.52. The number of methoxy groups -OCH3 is 1. The molecule has 0 radical (unpaired) electrons. The molecule has 0 saturated heterocycles. The predicted molar refractivity (Wildman–Crippen MR) is 74.9 cm³/mol. The molecule has 1 aliphatic rings. The molecule has 1 saturated carbocycles. The van der Waals surface area contributed by atoms with Crippen molar-refractivity contribution in [3.8, 4) is 0 Å². The van der Waals surface area contributed by atoms with Crippen LogP contribution < -0.4 is 11.3 Å². The van der Waals surface area contributed by atoms with Gasteiger partial charge in [-0.05, 0) is 31.4 Å². The molecule has 5 heteroatoms. The third-order valence-electron chi connectivity index (χ3n) is 4.10. The van der Waals surface area contributed by atoms with E-state index in [0.717, 1.165) is 30.4 Å². The second-order valence-electron chi connectivity index (χ2n) is 5.03. The molecule has 1 aliphatic carbocycles. The highest BCUT2D eigenvalue weighted by atomic mass is 35.5. The molecule has 1 aromatic carbocycles. The van der Waals surface area contributed by atoms with E-state index >= 15 is 0 Å². The minimum absolute atomic E-state index is 0.158. The number of benzene rings is 1. The van der Waals surface area contributed by atoms with Crippen LogP contribution in [0.2, 0.25) is 5.02 Å². The van der Waals surface area contributed by atoms with Crippen molar-refractivity contribution in [2.75, 3.05) is 7.11 Å². The first kappa shape index (κ1) is 12.9. The summed E-state index contributed by atoms with van der Waals surface area (Å²) in [5.41, 5.74) is 3.26. The van der Waals surface area contributed by atoms with Crippen LogP contribution in [0.1, 0.15) is 31.1 Å². The third-order valence-corrected chi connectivity index (χ3v) is 4.40. The number of ether oxygens (including phenoxy) is 1. The summed E-state index contributed by atoms with van der Waals surface area (Å²) >= 11 is 6.14. The van der Waals surface area contributed by atoms with Crippen LogP contribution in [0, 0.1) is 0 Å². The van der Waals surface area contributed by atoms with E-state index in [1.165, 1.54) is 0 Å². The lowest BCUT2D eigenvalue weighted by atomic mass is 9.74. The summed E-state index contributed by atoms with van der Waals surface area (Å²) in [6.07, 6.45) is 3.10. The maximum absolute atomic E-state index is 6.14. The van der Waals surface area contributed by atoms with Crippen LogP contribution in [0.3, 0.4) is 0 Å². The molecule has 2 aromatic rings. The predicted octanol–water partition coefficient (Wildman–Crippen LogP) is 3.16. The van der Waals surface area contributed by atoms with Crippen LogP contribution in [-0.4, -0.2) is 12.7 Å². The van der Waals surface area contributed by atoms with E-state index in [1.807, 2.05) is 24.3 Å². The molecule has 3 rings (SSSR count).